The van der Waals surface area contributed by atoms with Crippen LogP contribution in [0.25, 0.3) is 22.3 Å². The van der Waals surface area contributed by atoms with Crippen LogP contribution < -0.4 is 10.2 Å². The van der Waals surface area contributed by atoms with Gasteiger partial charge in [-0.1, -0.05) is 0 Å². The van der Waals surface area contributed by atoms with Crippen molar-refractivity contribution in [3.8, 4) is 34.3 Å². The van der Waals surface area contributed by atoms with E-state index in [1.165, 1.54) is 24.3 Å². The van der Waals surface area contributed by atoms with Crippen molar-refractivity contribution in [2.24, 2.45) is 0 Å². The zero-order chi connectivity index (χ0) is 23.2. The lowest BCUT2D eigenvalue weighted by Gasteiger charge is -2.39. The number of phenols is 2. The van der Waals surface area contributed by atoms with Gasteiger partial charge >= 0.3 is 0 Å². The number of rotatable bonds is 4. The second-order valence-electron chi connectivity index (χ2n) is 7.29. The molecule has 0 spiro atoms. The summed E-state index contributed by atoms with van der Waals surface area (Å²) in [7, 11) is 0. The summed E-state index contributed by atoms with van der Waals surface area (Å²) < 4.78 is 16.3. The third-order valence-electron chi connectivity index (χ3n) is 5.15. The molecule has 1 saturated heterocycles. The van der Waals surface area contributed by atoms with Gasteiger partial charge in [0.05, 0.1) is 6.61 Å². The molecular weight excluding hydrogens is 428 g/mol. The fraction of sp³-hybridized carbons (Fsp3) is 0.286. The number of fused-ring (bicyclic) bond motifs is 1. The Morgan fingerprint density at radius 3 is 2.28 bits per heavy atom. The van der Waals surface area contributed by atoms with Gasteiger partial charge in [-0.25, -0.2) is 0 Å². The molecule has 0 unspecified atom stereocenters. The summed E-state index contributed by atoms with van der Waals surface area (Å²) in [6.07, 6.45) is -7.21. The zero-order valence-corrected chi connectivity index (χ0v) is 16.3. The molecule has 2 aromatic carbocycles. The fourth-order valence-electron chi connectivity index (χ4n) is 3.45. The largest absolute Gasteiger partial charge is 0.508 e. The first-order valence-corrected chi connectivity index (χ1v) is 9.50. The number of phenolic OH excluding ortho intramolecular Hbond substituents is 2. The highest BCUT2D eigenvalue weighted by Crippen LogP contribution is 2.35. The van der Waals surface area contributed by atoms with Crippen LogP contribution in [0.1, 0.15) is 0 Å². The van der Waals surface area contributed by atoms with Crippen LogP contribution in [-0.4, -0.2) is 73.1 Å². The molecule has 0 radical (unpaired) electrons. The van der Waals surface area contributed by atoms with Gasteiger partial charge in [-0.3, -0.25) is 4.79 Å². The smallest absolute Gasteiger partial charge is 0.238 e. The summed E-state index contributed by atoms with van der Waals surface area (Å²) in [4.78, 5) is 12.5. The van der Waals surface area contributed by atoms with E-state index in [-0.39, 0.29) is 33.8 Å². The van der Waals surface area contributed by atoms with Crippen LogP contribution in [-0.2, 0) is 4.74 Å². The van der Waals surface area contributed by atoms with E-state index in [0.29, 0.717) is 0 Å². The van der Waals surface area contributed by atoms with Crippen LogP contribution in [0.4, 0.5) is 0 Å². The normalized spacial score (nSPS) is 25.7. The van der Waals surface area contributed by atoms with Crippen molar-refractivity contribution in [2.75, 3.05) is 6.61 Å². The van der Waals surface area contributed by atoms with Crippen LogP contribution in [0.3, 0.4) is 0 Å². The maximum absolute atomic E-state index is 12.5. The molecule has 1 aromatic heterocycles. The summed E-state index contributed by atoms with van der Waals surface area (Å²) in [5.41, 5.74) is -0.771. The lowest BCUT2D eigenvalue weighted by Crippen LogP contribution is -2.60. The highest BCUT2D eigenvalue weighted by molar-refractivity contribution is 5.88. The van der Waals surface area contributed by atoms with Crippen molar-refractivity contribution in [3.05, 3.63) is 46.6 Å². The van der Waals surface area contributed by atoms with Crippen molar-refractivity contribution < 1.29 is 49.6 Å². The number of aliphatic hydroxyl groups is 4. The fourth-order valence-corrected chi connectivity index (χ4v) is 3.45. The predicted octanol–water partition coefficient (Wildman–Crippen LogP) is -0.245. The predicted molar refractivity (Wildman–Crippen MR) is 107 cm³/mol. The van der Waals surface area contributed by atoms with E-state index in [9.17, 15) is 40.5 Å². The van der Waals surface area contributed by atoms with E-state index in [1.54, 1.807) is 0 Å². The van der Waals surface area contributed by atoms with Gasteiger partial charge < -0.3 is 49.6 Å². The lowest BCUT2D eigenvalue weighted by molar-refractivity contribution is -0.277. The molecule has 0 aliphatic carbocycles. The number of hydrogen-bond donors (Lipinski definition) is 7. The molecule has 2 heterocycles. The van der Waals surface area contributed by atoms with Crippen molar-refractivity contribution in [2.45, 2.75) is 30.7 Å². The molecule has 4 rings (SSSR count). The van der Waals surface area contributed by atoms with Gasteiger partial charge in [0.2, 0.25) is 17.5 Å². The molecular formula is C21H20O11. The molecule has 11 heteroatoms. The van der Waals surface area contributed by atoms with Crippen molar-refractivity contribution >= 4 is 11.0 Å². The van der Waals surface area contributed by atoms with E-state index in [0.717, 1.165) is 12.1 Å². The van der Waals surface area contributed by atoms with Crippen LogP contribution in [0.5, 0.6) is 23.0 Å². The highest BCUT2D eigenvalue weighted by atomic mass is 16.7. The Hall–Kier alpha value is -3.35. The SMILES string of the molecule is O=c1c(O)c(-c2ccc(O[C@H]3O[C@@H](CO)[C@H](O)[C@@H](O)[C@@H]3O)cc2)oc2cc(O)cc(O)c12. The highest BCUT2D eigenvalue weighted by Gasteiger charge is 2.44. The Morgan fingerprint density at radius 2 is 1.62 bits per heavy atom. The molecule has 5 atom stereocenters. The minimum atomic E-state index is -1.60. The molecule has 0 bridgehead atoms. The Labute approximate surface area is 179 Å². The van der Waals surface area contributed by atoms with Gasteiger partial charge in [0.15, 0.2) is 5.76 Å². The first-order valence-electron chi connectivity index (χ1n) is 9.50. The molecule has 1 aliphatic heterocycles. The Balaban J connectivity index is 1.63. The van der Waals surface area contributed by atoms with Gasteiger partial charge in [-0.2, -0.15) is 0 Å². The molecule has 1 aliphatic rings. The standard InChI is InChI=1S/C21H20O11/c22-7-13-15(25)17(27)19(29)21(32-13)30-10-3-1-8(2-4-10)20-18(28)16(26)14-11(24)5-9(23)6-12(14)31-20/h1-6,13,15,17,19,21-25,27-29H,7H2/t13-,15-,17+,19-,21-/m0/s1. The topological polar surface area (TPSA) is 190 Å². The minimum absolute atomic E-state index is 0.137. The maximum Gasteiger partial charge on any atom is 0.238 e. The first-order chi connectivity index (χ1) is 15.2. The van der Waals surface area contributed by atoms with Crippen molar-refractivity contribution in [3.63, 3.8) is 0 Å². The van der Waals surface area contributed by atoms with Gasteiger partial charge in [0.25, 0.3) is 0 Å². The Morgan fingerprint density at radius 1 is 0.938 bits per heavy atom. The summed E-state index contributed by atoms with van der Waals surface area (Å²) in [6.45, 7) is -0.602. The third-order valence-corrected chi connectivity index (χ3v) is 5.15. The van der Waals surface area contributed by atoms with Gasteiger partial charge in [0, 0.05) is 17.7 Å². The molecule has 32 heavy (non-hydrogen) atoms. The number of aromatic hydroxyl groups is 3. The summed E-state index contributed by atoms with van der Waals surface area (Å²) in [5, 5.41) is 68.5. The van der Waals surface area contributed by atoms with Crippen molar-refractivity contribution in [1.29, 1.82) is 0 Å². The average Bonchev–Trinajstić information content (AvgIpc) is 2.76. The quantitative estimate of drug-likeness (QED) is 0.279. The van der Waals surface area contributed by atoms with E-state index < -0.39 is 54.2 Å². The van der Waals surface area contributed by atoms with Crippen LogP contribution in [0, 0.1) is 0 Å². The summed E-state index contributed by atoms with van der Waals surface area (Å²) >= 11 is 0. The van der Waals surface area contributed by atoms with E-state index in [4.69, 9.17) is 13.9 Å². The first kappa shape index (κ1) is 21.9. The molecule has 3 aromatic rings. The monoisotopic (exact) mass is 448 g/mol. The third kappa shape index (κ3) is 3.72. The van der Waals surface area contributed by atoms with E-state index in [2.05, 4.69) is 0 Å². The van der Waals surface area contributed by atoms with E-state index >= 15 is 0 Å². The van der Waals surface area contributed by atoms with Crippen LogP contribution in [0.15, 0.2) is 45.6 Å². The van der Waals surface area contributed by atoms with E-state index in [1.807, 2.05) is 0 Å². The van der Waals surface area contributed by atoms with Crippen LogP contribution in [0.2, 0.25) is 0 Å². The maximum atomic E-state index is 12.5. The van der Waals surface area contributed by atoms with Gasteiger partial charge in [-0.15, -0.1) is 0 Å². The molecule has 11 nitrogen and oxygen atoms in total. The number of ether oxygens (including phenoxy) is 2. The Bertz CT molecular complexity index is 1190. The second-order valence-corrected chi connectivity index (χ2v) is 7.29. The zero-order valence-electron chi connectivity index (χ0n) is 16.3. The van der Waals surface area contributed by atoms with Crippen molar-refractivity contribution in [1.82, 2.24) is 0 Å². The van der Waals surface area contributed by atoms with Gasteiger partial charge in [0.1, 0.15) is 52.6 Å². The number of benzene rings is 2. The van der Waals surface area contributed by atoms with Gasteiger partial charge in [-0.05, 0) is 24.3 Å². The molecule has 0 saturated carbocycles. The summed E-state index contributed by atoms with van der Waals surface area (Å²) in [5.74, 6) is -1.68. The second kappa shape index (κ2) is 8.30. The molecule has 0 amide bonds. The molecule has 1 fully saturated rings. The lowest BCUT2D eigenvalue weighted by atomic mass is 9.99. The Kier molecular flexibility index (Phi) is 5.67. The number of aliphatic hydroxyl groups excluding tert-OH is 4. The summed E-state index contributed by atoms with van der Waals surface area (Å²) in [6, 6.07) is 7.72. The van der Waals surface area contributed by atoms with Crippen LogP contribution >= 0.6 is 0 Å². The number of hydrogen-bond acceptors (Lipinski definition) is 11. The average molecular weight is 448 g/mol. The minimum Gasteiger partial charge on any atom is -0.508 e. The molecule has 170 valence electrons. The molecule has 7 N–H and O–H groups in total.